The third kappa shape index (κ3) is 5.60. The summed E-state index contributed by atoms with van der Waals surface area (Å²) in [5, 5.41) is 18.6. The second-order valence-corrected chi connectivity index (χ2v) is 2.21. The summed E-state index contributed by atoms with van der Waals surface area (Å²) in [6, 6.07) is 0. The largest absolute Gasteiger partial charge is 0.375 e. The number of carbonyl (C=O) groups is 1. The Balaban J connectivity index is 0. The van der Waals surface area contributed by atoms with Crippen molar-refractivity contribution in [1.82, 2.24) is 5.06 Å². The normalized spacial score (nSPS) is 14.8. The molecule has 5 nitrogen and oxygen atoms in total. The molecular formula is C6H13NO4Zn. The van der Waals surface area contributed by atoms with Crippen LogP contribution in [0.4, 0.5) is 0 Å². The molecule has 6 heteroatoms. The maximum atomic E-state index is 10.4. The van der Waals surface area contributed by atoms with E-state index in [1.54, 1.807) is 0 Å². The van der Waals surface area contributed by atoms with Gasteiger partial charge in [0, 0.05) is 26.4 Å². The summed E-state index contributed by atoms with van der Waals surface area (Å²) in [6.45, 7) is 3.96. The number of carbonyl (C=O) groups excluding carboxylic acids is 1. The molecule has 2 N–H and O–H groups in total. The van der Waals surface area contributed by atoms with Crippen molar-refractivity contribution in [3.05, 3.63) is 0 Å². The zero-order valence-electron chi connectivity index (χ0n) is 7.52. The molecule has 68 valence electrons. The topological polar surface area (TPSA) is 70.0 Å². The zero-order chi connectivity index (χ0) is 9.02. The van der Waals surface area contributed by atoms with Gasteiger partial charge in [0.25, 0.3) is 0 Å². The van der Waals surface area contributed by atoms with E-state index in [1.807, 2.05) is 0 Å². The van der Waals surface area contributed by atoms with Crippen LogP contribution in [0.2, 0.25) is 0 Å². The van der Waals surface area contributed by atoms with Gasteiger partial charge < -0.3 is 15.1 Å². The molecule has 0 fully saturated rings. The van der Waals surface area contributed by atoms with Gasteiger partial charge in [-0.15, -0.1) is 0 Å². The summed E-state index contributed by atoms with van der Waals surface area (Å²) in [4.78, 5) is 14.8. The summed E-state index contributed by atoms with van der Waals surface area (Å²) >= 11 is 0. The number of nitrogens with zero attached hydrogens (tertiary/aromatic N) is 1. The van der Waals surface area contributed by atoms with Crippen LogP contribution in [0, 0.1) is 0 Å². The molecule has 0 radical (unpaired) electrons. The number of hydrogen-bond donors (Lipinski definition) is 2. The van der Waals surface area contributed by atoms with Gasteiger partial charge in [-0.05, 0) is 13.8 Å². The SMILES string of the molecule is CC(=O)ON(C(C)O)C(C)O.[Zn]. The van der Waals surface area contributed by atoms with E-state index < -0.39 is 18.4 Å². The molecule has 0 bridgehead atoms. The van der Waals surface area contributed by atoms with Crippen LogP contribution in [0.15, 0.2) is 0 Å². The van der Waals surface area contributed by atoms with E-state index >= 15 is 0 Å². The Bertz CT molecular complexity index is 132. The first-order valence-electron chi connectivity index (χ1n) is 3.28. The molecule has 0 aliphatic carbocycles. The third-order valence-corrected chi connectivity index (χ3v) is 0.971. The van der Waals surface area contributed by atoms with Crippen LogP contribution in [0.3, 0.4) is 0 Å². The van der Waals surface area contributed by atoms with Crippen LogP contribution < -0.4 is 0 Å². The van der Waals surface area contributed by atoms with E-state index in [0.717, 1.165) is 5.06 Å². The minimum atomic E-state index is -1.01. The number of aliphatic hydroxyl groups excluding tert-OH is 2. The van der Waals surface area contributed by atoms with Gasteiger partial charge in [-0.25, -0.2) is 0 Å². The number of hydrogen-bond acceptors (Lipinski definition) is 5. The number of rotatable bonds is 3. The molecule has 0 aromatic rings. The molecule has 0 aliphatic heterocycles. The first-order valence-corrected chi connectivity index (χ1v) is 3.28. The molecule has 0 saturated heterocycles. The maximum absolute atomic E-state index is 10.4. The molecule has 2 unspecified atom stereocenters. The summed E-state index contributed by atoms with van der Waals surface area (Å²) in [5.41, 5.74) is 0. The molecule has 0 aromatic carbocycles. The minimum Gasteiger partial charge on any atom is -0.375 e. The van der Waals surface area contributed by atoms with E-state index in [9.17, 15) is 4.79 Å². The van der Waals surface area contributed by atoms with Crippen molar-refractivity contribution < 1.29 is 39.3 Å². The maximum Gasteiger partial charge on any atom is 0.322 e. The number of aliphatic hydroxyl groups is 2. The van der Waals surface area contributed by atoms with E-state index in [4.69, 9.17) is 10.2 Å². The Kier molecular flexibility index (Phi) is 7.83. The Morgan fingerprint density at radius 1 is 1.33 bits per heavy atom. The molecule has 0 aromatic heterocycles. The van der Waals surface area contributed by atoms with Crippen molar-refractivity contribution in [2.24, 2.45) is 0 Å². The summed E-state index contributed by atoms with van der Waals surface area (Å²) in [6.07, 6.45) is -2.03. The fraction of sp³-hybridized carbons (Fsp3) is 0.833. The monoisotopic (exact) mass is 227 g/mol. The van der Waals surface area contributed by atoms with Crippen molar-refractivity contribution in [2.75, 3.05) is 0 Å². The van der Waals surface area contributed by atoms with Crippen molar-refractivity contribution in [2.45, 2.75) is 33.2 Å². The molecule has 12 heavy (non-hydrogen) atoms. The fourth-order valence-electron chi connectivity index (χ4n) is 0.613. The molecule has 2 atom stereocenters. The molecule has 0 heterocycles. The molecule has 0 saturated carbocycles. The zero-order valence-corrected chi connectivity index (χ0v) is 10.5. The van der Waals surface area contributed by atoms with Gasteiger partial charge in [0.1, 0.15) is 12.5 Å². The van der Waals surface area contributed by atoms with E-state index in [-0.39, 0.29) is 19.5 Å². The van der Waals surface area contributed by atoms with Crippen molar-refractivity contribution >= 4 is 5.97 Å². The van der Waals surface area contributed by atoms with Crippen LogP contribution in [-0.2, 0) is 29.1 Å². The van der Waals surface area contributed by atoms with Crippen LogP contribution >= 0.6 is 0 Å². The molecule has 0 spiro atoms. The van der Waals surface area contributed by atoms with Gasteiger partial charge in [0.15, 0.2) is 0 Å². The predicted molar refractivity (Wildman–Crippen MR) is 37.0 cm³/mol. The molecular weight excluding hydrogens is 215 g/mol. The van der Waals surface area contributed by atoms with Gasteiger partial charge >= 0.3 is 5.97 Å². The fourth-order valence-corrected chi connectivity index (χ4v) is 0.613. The first-order chi connectivity index (χ1) is 4.95. The van der Waals surface area contributed by atoms with Crippen LogP contribution in [0.25, 0.3) is 0 Å². The Hall–Kier alpha value is -0.0266. The van der Waals surface area contributed by atoms with E-state index in [1.165, 1.54) is 20.8 Å². The van der Waals surface area contributed by atoms with E-state index in [2.05, 4.69) is 4.84 Å². The predicted octanol–water partition coefficient (Wildman–Crippen LogP) is -0.559. The minimum absolute atomic E-state index is 0. The summed E-state index contributed by atoms with van der Waals surface area (Å²) < 4.78 is 0. The van der Waals surface area contributed by atoms with Gasteiger partial charge in [0.05, 0.1) is 0 Å². The van der Waals surface area contributed by atoms with Crippen molar-refractivity contribution in [3.8, 4) is 0 Å². The van der Waals surface area contributed by atoms with Crippen LogP contribution in [0.1, 0.15) is 20.8 Å². The molecule has 0 amide bonds. The standard InChI is InChI=1S/C6H13NO4.Zn/c1-4(8)7(5(2)9)11-6(3)10;/h4-5,8-9H,1-3H3;. The van der Waals surface area contributed by atoms with Gasteiger partial charge in [0.2, 0.25) is 0 Å². The smallest absolute Gasteiger partial charge is 0.322 e. The number of hydroxylamine groups is 2. The van der Waals surface area contributed by atoms with Crippen molar-refractivity contribution in [3.63, 3.8) is 0 Å². The van der Waals surface area contributed by atoms with Gasteiger partial charge in [-0.3, -0.25) is 4.79 Å². The average molecular weight is 229 g/mol. The summed E-state index contributed by atoms with van der Waals surface area (Å²) in [7, 11) is 0. The average Bonchev–Trinajstić information content (AvgIpc) is 1.81. The Morgan fingerprint density at radius 2 is 1.67 bits per heavy atom. The quantitative estimate of drug-likeness (QED) is 0.385. The second kappa shape index (κ2) is 6.49. The van der Waals surface area contributed by atoms with E-state index in [0.29, 0.717) is 0 Å². The van der Waals surface area contributed by atoms with Gasteiger partial charge in [-0.1, -0.05) is 5.06 Å². The second-order valence-electron chi connectivity index (χ2n) is 2.21. The van der Waals surface area contributed by atoms with Gasteiger partial charge in [-0.2, -0.15) is 0 Å². The summed E-state index contributed by atoms with van der Waals surface area (Å²) in [5.74, 6) is -0.577. The Morgan fingerprint density at radius 3 is 1.75 bits per heavy atom. The van der Waals surface area contributed by atoms with Crippen LogP contribution in [-0.4, -0.2) is 33.7 Å². The third-order valence-electron chi connectivity index (χ3n) is 0.971. The Labute approximate surface area is 84.0 Å². The molecule has 0 aliphatic rings. The molecule has 0 rings (SSSR count). The van der Waals surface area contributed by atoms with Crippen LogP contribution in [0.5, 0.6) is 0 Å². The van der Waals surface area contributed by atoms with Crippen molar-refractivity contribution in [1.29, 1.82) is 0 Å². The first kappa shape index (κ1) is 14.5.